The van der Waals surface area contributed by atoms with Gasteiger partial charge in [-0.15, -0.1) is 0 Å². The van der Waals surface area contributed by atoms with E-state index in [0.29, 0.717) is 6.54 Å². The van der Waals surface area contributed by atoms with E-state index in [9.17, 15) is 4.39 Å². The number of rotatable bonds is 2. The van der Waals surface area contributed by atoms with Crippen LogP contribution in [0, 0.1) is 0 Å². The predicted octanol–water partition coefficient (Wildman–Crippen LogP) is 3.10. The van der Waals surface area contributed by atoms with Gasteiger partial charge in [0.05, 0.1) is 0 Å². The van der Waals surface area contributed by atoms with Crippen LogP contribution < -0.4 is 0 Å². The van der Waals surface area contributed by atoms with Gasteiger partial charge in [0.15, 0.2) is 0 Å². The molecule has 18 heavy (non-hydrogen) atoms. The van der Waals surface area contributed by atoms with Crippen molar-refractivity contribution in [3.05, 3.63) is 29.1 Å². The molecule has 2 nitrogen and oxygen atoms in total. The summed E-state index contributed by atoms with van der Waals surface area (Å²) < 4.78 is 13.0. The minimum absolute atomic E-state index is 0.0968. The summed E-state index contributed by atoms with van der Waals surface area (Å²) in [5.74, 6) is 0. The molecule has 0 amide bonds. The lowest BCUT2D eigenvalue weighted by molar-refractivity contribution is 0.187. The Kier molecular flexibility index (Phi) is 3.71. The first-order chi connectivity index (χ1) is 8.36. The molecule has 0 saturated carbocycles. The Labute approximate surface area is 109 Å². The first-order valence-corrected chi connectivity index (χ1v) is 6.72. The van der Waals surface area contributed by atoms with Gasteiger partial charge in [-0.25, -0.2) is 4.39 Å². The van der Waals surface area contributed by atoms with E-state index in [1.165, 1.54) is 11.3 Å². The van der Waals surface area contributed by atoms with Gasteiger partial charge in [-0.05, 0) is 18.6 Å². The van der Waals surface area contributed by atoms with Gasteiger partial charge in [-0.1, -0.05) is 26.8 Å². The van der Waals surface area contributed by atoms with Crippen molar-refractivity contribution in [1.29, 1.82) is 0 Å². The molecule has 1 aromatic heterocycles. The molecule has 0 aromatic carbocycles. The fourth-order valence-electron chi connectivity index (χ4n) is 2.40. The zero-order chi connectivity index (χ0) is 13.3. The van der Waals surface area contributed by atoms with Crippen molar-refractivity contribution in [3.8, 4) is 0 Å². The highest BCUT2D eigenvalue weighted by atomic mass is 19.1. The largest absolute Gasteiger partial charge is 0.296 e. The van der Waals surface area contributed by atoms with E-state index in [-0.39, 0.29) is 5.41 Å². The summed E-state index contributed by atoms with van der Waals surface area (Å²) in [6.45, 7) is 10.4. The fourth-order valence-corrected chi connectivity index (χ4v) is 2.40. The molecule has 0 saturated heterocycles. The molecule has 2 rings (SSSR count). The predicted molar refractivity (Wildman–Crippen MR) is 72.5 cm³/mol. The lowest BCUT2D eigenvalue weighted by Crippen LogP contribution is -2.35. The van der Waals surface area contributed by atoms with Crippen LogP contribution in [0.3, 0.4) is 0 Å². The van der Waals surface area contributed by atoms with E-state index in [2.05, 4.69) is 37.8 Å². The molecule has 1 atom stereocenters. The van der Waals surface area contributed by atoms with Crippen LogP contribution in [0.1, 0.15) is 44.6 Å². The Hall–Kier alpha value is -0.960. The first kappa shape index (κ1) is 13.5. The summed E-state index contributed by atoms with van der Waals surface area (Å²) in [6.07, 6.45) is 0.180. The third kappa shape index (κ3) is 3.08. The molecule has 1 aliphatic rings. The smallest absolute Gasteiger partial charge is 0.110 e. The normalized spacial score (nSPS) is 18.5. The number of fused-ring (bicyclic) bond motifs is 1. The second kappa shape index (κ2) is 4.96. The number of nitrogens with zero attached hydrogens (tertiary/aromatic N) is 2. The topological polar surface area (TPSA) is 16.1 Å². The van der Waals surface area contributed by atoms with Gasteiger partial charge in [0.25, 0.3) is 0 Å². The monoisotopic (exact) mass is 250 g/mol. The number of halogens is 1. The van der Waals surface area contributed by atoms with Crippen LogP contribution in [0.5, 0.6) is 0 Å². The minimum Gasteiger partial charge on any atom is -0.296 e. The Morgan fingerprint density at radius 3 is 2.72 bits per heavy atom. The molecular formula is C15H23FN2. The standard InChI is InChI=1S/C15H23FN2/c1-11(16)9-18-8-7-13-12(10-18)5-6-14(17-13)15(2,3)4/h5-6,11H,7-10H2,1-4H3. The van der Waals surface area contributed by atoms with Crippen molar-refractivity contribution in [2.24, 2.45) is 0 Å². The number of hydrogen-bond donors (Lipinski definition) is 0. The van der Waals surface area contributed by atoms with Gasteiger partial charge in [-0.3, -0.25) is 9.88 Å². The molecule has 0 bridgehead atoms. The van der Waals surface area contributed by atoms with Crippen molar-refractivity contribution >= 4 is 0 Å². The number of pyridine rings is 1. The Morgan fingerprint density at radius 1 is 1.39 bits per heavy atom. The van der Waals surface area contributed by atoms with E-state index in [1.54, 1.807) is 6.92 Å². The van der Waals surface area contributed by atoms with Gasteiger partial charge in [-0.2, -0.15) is 0 Å². The van der Waals surface area contributed by atoms with Crippen LogP contribution in [0.15, 0.2) is 12.1 Å². The van der Waals surface area contributed by atoms with Crippen molar-refractivity contribution in [2.75, 3.05) is 13.1 Å². The molecule has 0 N–H and O–H groups in total. The molecule has 1 aliphatic heterocycles. The SMILES string of the molecule is CC(F)CN1CCc2nc(C(C)(C)C)ccc2C1. The second-order valence-electron chi connectivity index (χ2n) is 6.32. The number of aromatic nitrogens is 1. The summed E-state index contributed by atoms with van der Waals surface area (Å²) in [5, 5.41) is 0. The molecule has 0 radical (unpaired) electrons. The van der Waals surface area contributed by atoms with E-state index >= 15 is 0 Å². The molecular weight excluding hydrogens is 227 g/mol. The summed E-state index contributed by atoms with van der Waals surface area (Å²) in [6, 6.07) is 4.28. The Bertz CT molecular complexity index is 421. The van der Waals surface area contributed by atoms with Crippen LogP contribution in [-0.2, 0) is 18.4 Å². The van der Waals surface area contributed by atoms with Gasteiger partial charge in [0.1, 0.15) is 6.17 Å². The van der Waals surface area contributed by atoms with E-state index in [4.69, 9.17) is 4.98 Å². The van der Waals surface area contributed by atoms with E-state index in [1.807, 2.05) is 0 Å². The van der Waals surface area contributed by atoms with Gasteiger partial charge < -0.3 is 0 Å². The van der Waals surface area contributed by atoms with Crippen LogP contribution in [0.4, 0.5) is 4.39 Å². The third-order valence-corrected chi connectivity index (χ3v) is 3.41. The maximum Gasteiger partial charge on any atom is 0.110 e. The van der Waals surface area contributed by atoms with Gasteiger partial charge >= 0.3 is 0 Å². The van der Waals surface area contributed by atoms with Crippen LogP contribution in [-0.4, -0.2) is 29.1 Å². The highest BCUT2D eigenvalue weighted by Gasteiger charge is 2.22. The number of hydrogen-bond acceptors (Lipinski definition) is 2. The fraction of sp³-hybridized carbons (Fsp3) is 0.667. The molecule has 1 unspecified atom stereocenters. The molecule has 0 fully saturated rings. The summed E-state index contributed by atoms with van der Waals surface area (Å²) in [4.78, 5) is 6.95. The summed E-state index contributed by atoms with van der Waals surface area (Å²) in [7, 11) is 0. The average Bonchev–Trinajstić information content (AvgIpc) is 2.26. The van der Waals surface area contributed by atoms with E-state index < -0.39 is 6.17 Å². The quantitative estimate of drug-likeness (QED) is 0.802. The second-order valence-corrected chi connectivity index (χ2v) is 6.32. The third-order valence-electron chi connectivity index (χ3n) is 3.41. The highest BCUT2D eigenvalue weighted by molar-refractivity contribution is 5.28. The van der Waals surface area contributed by atoms with Crippen molar-refractivity contribution in [3.63, 3.8) is 0 Å². The lowest BCUT2D eigenvalue weighted by atomic mass is 9.90. The van der Waals surface area contributed by atoms with Gasteiger partial charge in [0.2, 0.25) is 0 Å². The molecule has 1 aromatic rings. The first-order valence-electron chi connectivity index (χ1n) is 6.72. The molecule has 0 spiro atoms. The molecule has 2 heterocycles. The zero-order valence-electron chi connectivity index (χ0n) is 11.8. The summed E-state index contributed by atoms with van der Waals surface area (Å²) in [5.41, 5.74) is 3.70. The van der Waals surface area contributed by atoms with Crippen LogP contribution in [0.25, 0.3) is 0 Å². The Morgan fingerprint density at radius 2 is 2.11 bits per heavy atom. The van der Waals surface area contributed by atoms with Crippen LogP contribution in [0.2, 0.25) is 0 Å². The van der Waals surface area contributed by atoms with Gasteiger partial charge in [0, 0.05) is 42.9 Å². The molecule has 100 valence electrons. The van der Waals surface area contributed by atoms with Crippen molar-refractivity contribution < 1.29 is 4.39 Å². The minimum atomic E-state index is -0.756. The maximum atomic E-state index is 13.0. The summed E-state index contributed by atoms with van der Waals surface area (Å²) >= 11 is 0. The van der Waals surface area contributed by atoms with E-state index in [0.717, 1.165) is 25.2 Å². The molecule has 0 aliphatic carbocycles. The lowest BCUT2D eigenvalue weighted by Gasteiger charge is -2.29. The van der Waals surface area contributed by atoms with Crippen LogP contribution >= 0.6 is 0 Å². The van der Waals surface area contributed by atoms with Crippen molar-refractivity contribution in [2.45, 2.75) is 52.2 Å². The Balaban J connectivity index is 2.16. The average molecular weight is 250 g/mol. The zero-order valence-corrected chi connectivity index (χ0v) is 11.8. The van der Waals surface area contributed by atoms with Crippen molar-refractivity contribution in [1.82, 2.24) is 9.88 Å². The highest BCUT2D eigenvalue weighted by Crippen LogP contribution is 2.24. The number of alkyl halides is 1. The molecule has 3 heteroatoms. The maximum absolute atomic E-state index is 13.0.